The van der Waals surface area contributed by atoms with Crippen molar-refractivity contribution in [1.82, 2.24) is 4.90 Å². The average Bonchev–Trinajstić information content (AvgIpc) is 2.57. The molecule has 0 bridgehead atoms. The van der Waals surface area contributed by atoms with Crippen LogP contribution in [-0.2, 0) is 14.6 Å². The van der Waals surface area contributed by atoms with Gasteiger partial charge in [-0.25, -0.2) is 8.42 Å². The van der Waals surface area contributed by atoms with Gasteiger partial charge >= 0.3 is 5.97 Å². The zero-order chi connectivity index (χ0) is 14.0. The molecular formula is C11H21NO5S. The Bertz CT molecular complexity index is 404. The third-order valence-corrected chi connectivity index (χ3v) is 5.12. The summed E-state index contributed by atoms with van der Waals surface area (Å²) in [6.45, 7) is 3.38. The molecule has 1 heterocycles. The van der Waals surface area contributed by atoms with Crippen LogP contribution in [0.2, 0.25) is 0 Å². The lowest BCUT2D eigenvalue weighted by atomic mass is 10.0. The van der Waals surface area contributed by atoms with Gasteiger partial charge in [0.2, 0.25) is 0 Å². The Hall–Kier alpha value is -0.660. The van der Waals surface area contributed by atoms with E-state index in [4.69, 9.17) is 5.11 Å². The van der Waals surface area contributed by atoms with Crippen LogP contribution in [0, 0.1) is 0 Å². The highest BCUT2D eigenvalue weighted by molar-refractivity contribution is 7.91. The van der Waals surface area contributed by atoms with Crippen LogP contribution in [0.3, 0.4) is 0 Å². The molecule has 18 heavy (non-hydrogen) atoms. The van der Waals surface area contributed by atoms with Crippen LogP contribution in [0.5, 0.6) is 0 Å². The highest BCUT2D eigenvalue weighted by Crippen LogP contribution is 2.21. The first-order chi connectivity index (χ1) is 8.15. The second-order valence-electron chi connectivity index (χ2n) is 5.21. The first-order valence-electron chi connectivity index (χ1n) is 6.04. The number of sulfone groups is 1. The molecule has 0 aliphatic carbocycles. The number of nitrogens with zero attached hydrogens (tertiary/aromatic N) is 1. The number of rotatable bonds is 6. The number of aliphatic carboxylic acids is 1. The van der Waals surface area contributed by atoms with Crippen molar-refractivity contribution in [3.63, 3.8) is 0 Å². The summed E-state index contributed by atoms with van der Waals surface area (Å²) >= 11 is 0. The molecule has 6 nitrogen and oxygen atoms in total. The number of carboxylic acids is 1. The predicted molar refractivity (Wildman–Crippen MR) is 67.2 cm³/mol. The molecule has 1 saturated heterocycles. The molecule has 0 aromatic rings. The Morgan fingerprint density at radius 3 is 2.50 bits per heavy atom. The molecule has 2 unspecified atom stereocenters. The normalized spacial score (nSPS) is 26.1. The van der Waals surface area contributed by atoms with Gasteiger partial charge in [0.1, 0.15) is 0 Å². The van der Waals surface area contributed by atoms with Crippen LogP contribution < -0.4 is 0 Å². The summed E-state index contributed by atoms with van der Waals surface area (Å²) in [5, 5.41) is 18.9. The summed E-state index contributed by atoms with van der Waals surface area (Å²) in [5.41, 5.74) is -0.998. The lowest BCUT2D eigenvalue weighted by Gasteiger charge is -2.33. The van der Waals surface area contributed by atoms with Gasteiger partial charge in [0.15, 0.2) is 9.84 Å². The van der Waals surface area contributed by atoms with Crippen molar-refractivity contribution in [3.05, 3.63) is 0 Å². The molecule has 1 aliphatic heterocycles. The fraction of sp³-hybridized carbons (Fsp3) is 0.909. The van der Waals surface area contributed by atoms with Crippen molar-refractivity contribution in [2.45, 2.75) is 38.3 Å². The topological polar surface area (TPSA) is 94.9 Å². The van der Waals surface area contributed by atoms with E-state index in [1.165, 1.54) is 0 Å². The third kappa shape index (κ3) is 4.55. The molecule has 0 saturated carbocycles. The fourth-order valence-electron chi connectivity index (χ4n) is 2.10. The standard InChI is InChI=1S/C11H21NO5S/c1-3-11(2,15)8-12(6-10(13)14)9-4-5-18(16,17)7-9/h9,15H,3-8H2,1-2H3,(H,13,14). The Morgan fingerprint density at radius 2 is 2.11 bits per heavy atom. The van der Waals surface area contributed by atoms with Gasteiger partial charge in [-0.1, -0.05) is 6.92 Å². The van der Waals surface area contributed by atoms with E-state index < -0.39 is 21.4 Å². The largest absolute Gasteiger partial charge is 0.480 e. The molecule has 7 heteroatoms. The summed E-state index contributed by atoms with van der Waals surface area (Å²) in [5.74, 6) is -0.923. The van der Waals surface area contributed by atoms with Crippen LogP contribution in [0.15, 0.2) is 0 Å². The molecule has 0 spiro atoms. The van der Waals surface area contributed by atoms with Gasteiger partial charge in [-0.05, 0) is 19.8 Å². The molecular weight excluding hydrogens is 258 g/mol. The maximum Gasteiger partial charge on any atom is 0.317 e. The van der Waals surface area contributed by atoms with E-state index in [0.717, 1.165) is 0 Å². The number of hydrogen-bond acceptors (Lipinski definition) is 5. The average molecular weight is 279 g/mol. The molecule has 1 rings (SSSR count). The lowest BCUT2D eigenvalue weighted by Crippen LogP contribution is -2.48. The Balaban J connectivity index is 2.76. The van der Waals surface area contributed by atoms with Crippen LogP contribution in [0.4, 0.5) is 0 Å². The fourth-order valence-corrected chi connectivity index (χ4v) is 3.86. The van der Waals surface area contributed by atoms with Gasteiger partial charge in [0.25, 0.3) is 0 Å². The quantitative estimate of drug-likeness (QED) is 0.694. The van der Waals surface area contributed by atoms with Crippen molar-refractivity contribution in [2.24, 2.45) is 0 Å². The Kier molecular flexibility index (Phi) is 4.74. The Labute approximate surface area is 108 Å². The van der Waals surface area contributed by atoms with Gasteiger partial charge in [0.05, 0.1) is 23.7 Å². The molecule has 0 aromatic heterocycles. The molecule has 0 amide bonds. The van der Waals surface area contributed by atoms with Crippen molar-refractivity contribution in [1.29, 1.82) is 0 Å². The molecule has 1 fully saturated rings. The SMILES string of the molecule is CCC(C)(O)CN(CC(=O)O)C1CCS(=O)(=O)C1. The second-order valence-corrected chi connectivity index (χ2v) is 7.43. The highest BCUT2D eigenvalue weighted by atomic mass is 32.2. The van der Waals surface area contributed by atoms with Crippen molar-refractivity contribution < 1.29 is 23.4 Å². The van der Waals surface area contributed by atoms with E-state index >= 15 is 0 Å². The van der Waals surface area contributed by atoms with E-state index in [0.29, 0.717) is 12.8 Å². The predicted octanol–water partition coefficient (Wildman–Crippen LogP) is -0.279. The Morgan fingerprint density at radius 1 is 1.50 bits per heavy atom. The van der Waals surface area contributed by atoms with Crippen molar-refractivity contribution in [2.75, 3.05) is 24.6 Å². The summed E-state index contributed by atoms with van der Waals surface area (Å²) in [4.78, 5) is 12.4. The first-order valence-corrected chi connectivity index (χ1v) is 7.86. The van der Waals surface area contributed by atoms with Gasteiger partial charge in [-0.3, -0.25) is 9.69 Å². The number of aliphatic hydroxyl groups is 1. The van der Waals surface area contributed by atoms with Crippen LogP contribution in [0.1, 0.15) is 26.7 Å². The number of carboxylic acid groups (broad SMARTS) is 1. The first kappa shape index (κ1) is 15.4. The maximum absolute atomic E-state index is 11.4. The van der Waals surface area contributed by atoms with E-state index in [9.17, 15) is 18.3 Å². The molecule has 2 N–H and O–H groups in total. The maximum atomic E-state index is 11.4. The molecule has 106 valence electrons. The van der Waals surface area contributed by atoms with Crippen LogP contribution in [-0.4, -0.2) is 65.7 Å². The van der Waals surface area contributed by atoms with E-state index in [-0.39, 0.29) is 30.6 Å². The monoisotopic (exact) mass is 279 g/mol. The summed E-state index contributed by atoms with van der Waals surface area (Å²) in [6.07, 6.45) is 0.929. The van der Waals surface area contributed by atoms with Crippen LogP contribution >= 0.6 is 0 Å². The summed E-state index contributed by atoms with van der Waals surface area (Å²) < 4.78 is 22.9. The number of carbonyl (C=O) groups is 1. The minimum Gasteiger partial charge on any atom is -0.480 e. The summed E-state index contributed by atoms with van der Waals surface area (Å²) in [6, 6.07) is -0.302. The number of hydrogen-bond donors (Lipinski definition) is 2. The summed E-state index contributed by atoms with van der Waals surface area (Å²) in [7, 11) is -3.05. The van der Waals surface area contributed by atoms with Crippen LogP contribution in [0.25, 0.3) is 0 Å². The van der Waals surface area contributed by atoms with Gasteiger partial charge in [0, 0.05) is 12.6 Å². The lowest BCUT2D eigenvalue weighted by molar-refractivity contribution is -0.139. The van der Waals surface area contributed by atoms with Gasteiger partial charge in [-0.15, -0.1) is 0 Å². The van der Waals surface area contributed by atoms with Gasteiger partial charge in [-0.2, -0.15) is 0 Å². The molecule has 0 radical (unpaired) electrons. The van der Waals surface area contributed by atoms with Crippen molar-refractivity contribution in [3.8, 4) is 0 Å². The molecule has 2 atom stereocenters. The third-order valence-electron chi connectivity index (χ3n) is 3.37. The van der Waals surface area contributed by atoms with E-state index in [1.807, 2.05) is 6.92 Å². The van der Waals surface area contributed by atoms with E-state index in [2.05, 4.69) is 0 Å². The minimum absolute atomic E-state index is 0.0138. The molecule has 0 aromatic carbocycles. The van der Waals surface area contributed by atoms with Crippen molar-refractivity contribution >= 4 is 15.8 Å². The minimum atomic E-state index is -3.05. The molecule has 1 aliphatic rings. The highest BCUT2D eigenvalue weighted by Gasteiger charge is 2.35. The zero-order valence-electron chi connectivity index (χ0n) is 10.8. The van der Waals surface area contributed by atoms with E-state index in [1.54, 1.807) is 11.8 Å². The zero-order valence-corrected chi connectivity index (χ0v) is 11.6. The van der Waals surface area contributed by atoms with Gasteiger partial charge < -0.3 is 10.2 Å². The smallest absolute Gasteiger partial charge is 0.317 e. The second kappa shape index (κ2) is 5.54.